The van der Waals surface area contributed by atoms with Crippen LogP contribution in [0.5, 0.6) is 0 Å². The molecule has 0 aliphatic carbocycles. The maximum absolute atomic E-state index is 12.7. The fourth-order valence-electron chi connectivity index (χ4n) is 2.80. The number of aromatic nitrogens is 1. The second-order valence-electron chi connectivity index (χ2n) is 5.83. The molecule has 2 unspecified atom stereocenters. The molecule has 2 saturated heterocycles. The number of nitrogens with zero attached hydrogens (tertiary/aromatic N) is 2. The van der Waals surface area contributed by atoms with Crippen molar-refractivity contribution in [2.75, 3.05) is 6.54 Å². The number of ether oxygens (including phenoxy) is 1. The first kappa shape index (κ1) is 20.3. The van der Waals surface area contributed by atoms with Gasteiger partial charge in [-0.05, 0) is 13.5 Å². The third-order valence-corrected chi connectivity index (χ3v) is 4.70. The predicted octanol–water partition coefficient (Wildman–Crippen LogP) is 0.449. The minimum atomic E-state index is -0.800. The van der Waals surface area contributed by atoms with Crippen molar-refractivity contribution < 1.29 is 51.8 Å². The third kappa shape index (κ3) is 4.98. The number of likely N-dealkylation sites (tertiary alicyclic amines) is 1. The van der Waals surface area contributed by atoms with E-state index in [1.165, 1.54) is 11.3 Å². The van der Waals surface area contributed by atoms with E-state index in [0.29, 0.717) is 13.0 Å². The number of rotatable bonds is 5. The molecule has 3 heterocycles. The normalized spacial score (nSPS) is 23.4. The van der Waals surface area contributed by atoms with Crippen LogP contribution in [0.3, 0.4) is 0 Å². The van der Waals surface area contributed by atoms with Gasteiger partial charge in [0.2, 0.25) is 11.8 Å². The van der Waals surface area contributed by atoms with Crippen molar-refractivity contribution in [2.45, 2.75) is 44.4 Å². The van der Waals surface area contributed by atoms with E-state index in [1.807, 2.05) is 11.9 Å². The van der Waals surface area contributed by atoms with Crippen molar-refractivity contribution in [1.82, 2.24) is 20.5 Å². The summed E-state index contributed by atoms with van der Waals surface area (Å²) in [6.45, 7) is 4.14. The number of amides is 3. The molecule has 133 valence electrons. The summed E-state index contributed by atoms with van der Waals surface area (Å²) >= 11 is 1.44. The van der Waals surface area contributed by atoms with Gasteiger partial charge >= 0.3 is 6.09 Å². The van der Waals surface area contributed by atoms with Crippen LogP contribution in [0.2, 0.25) is 0 Å². The zero-order valence-electron chi connectivity index (χ0n) is 13.8. The maximum Gasteiger partial charge on any atom is 0.408 e. The number of carbonyl (C=O) groups excluding carboxylic acids is 3. The third-order valence-electron chi connectivity index (χ3n) is 4.07. The Morgan fingerprint density at radius 2 is 2.40 bits per heavy atom. The summed E-state index contributed by atoms with van der Waals surface area (Å²) in [7, 11) is 0. The van der Waals surface area contributed by atoms with Crippen molar-refractivity contribution in [3.63, 3.8) is 0 Å². The number of cyclic esters (lactones) is 1. The van der Waals surface area contributed by atoms with E-state index >= 15 is 0 Å². The Labute approximate surface area is 175 Å². The summed E-state index contributed by atoms with van der Waals surface area (Å²) in [5.41, 5.74) is 2.44. The van der Waals surface area contributed by atoms with Gasteiger partial charge in [-0.3, -0.25) is 9.59 Å². The molecule has 10 heteroatoms. The van der Waals surface area contributed by atoms with Gasteiger partial charge in [0, 0.05) is 44.5 Å². The maximum atomic E-state index is 12.7. The van der Waals surface area contributed by atoms with E-state index in [1.54, 1.807) is 17.3 Å². The van der Waals surface area contributed by atoms with Crippen molar-refractivity contribution in [2.24, 2.45) is 0 Å². The molecule has 1 radical (unpaired) electrons. The molecule has 3 atom stereocenters. The Morgan fingerprint density at radius 1 is 1.60 bits per heavy atom. The number of thiazole rings is 1. The summed E-state index contributed by atoms with van der Waals surface area (Å²) in [6, 6.07) is -1.52. The minimum Gasteiger partial charge on any atom is -0.491 e. The molecule has 3 rings (SSSR count). The number of carbonyl (C=O) groups is 3. The summed E-state index contributed by atoms with van der Waals surface area (Å²) in [5.74, 6) is -0.590. The smallest absolute Gasteiger partial charge is 0.408 e. The van der Waals surface area contributed by atoms with E-state index in [0.717, 1.165) is 18.5 Å². The second kappa shape index (κ2) is 9.05. The molecular weight excluding hydrogens is 421 g/mol. The largest absolute Gasteiger partial charge is 0.491 e. The number of nitrogens with one attached hydrogen (secondary N) is 2. The van der Waals surface area contributed by atoms with Crippen LogP contribution in [0.4, 0.5) is 4.79 Å². The van der Waals surface area contributed by atoms with Gasteiger partial charge in [0.1, 0.15) is 18.2 Å². The van der Waals surface area contributed by atoms with Crippen LogP contribution in [0.15, 0.2) is 10.9 Å². The van der Waals surface area contributed by atoms with Gasteiger partial charge in [-0.25, -0.2) is 16.3 Å². The summed E-state index contributed by atoms with van der Waals surface area (Å²) in [5, 5.41) is 7.05. The fourth-order valence-corrected chi connectivity index (χ4v) is 3.37. The molecule has 2 aliphatic heterocycles. The average molecular weight is 440 g/mol. The topological polar surface area (TPSA) is 101 Å². The first-order chi connectivity index (χ1) is 11.5. The summed E-state index contributed by atoms with van der Waals surface area (Å²) in [6.07, 6.45) is 0.886. The first-order valence-corrected chi connectivity index (χ1v) is 8.77. The quantitative estimate of drug-likeness (QED) is 0.648. The molecule has 2 aliphatic rings. The SMILES string of the molecule is CC1OC(=O)NC1C(=O)N[C@@H](Cc1cscn1)C(=O)N1[CH-]CCC1.[Y]. The van der Waals surface area contributed by atoms with Crippen LogP contribution in [-0.4, -0.2) is 52.5 Å². The van der Waals surface area contributed by atoms with Crippen molar-refractivity contribution in [3.8, 4) is 0 Å². The molecule has 0 spiro atoms. The van der Waals surface area contributed by atoms with Gasteiger partial charge in [-0.15, -0.1) is 11.3 Å². The van der Waals surface area contributed by atoms with Crippen LogP contribution in [0, 0.1) is 6.54 Å². The molecule has 8 nitrogen and oxygen atoms in total. The predicted molar refractivity (Wildman–Crippen MR) is 85.9 cm³/mol. The van der Waals surface area contributed by atoms with Crippen LogP contribution in [0.1, 0.15) is 25.5 Å². The monoisotopic (exact) mass is 440 g/mol. The Kier molecular flexibility index (Phi) is 7.33. The van der Waals surface area contributed by atoms with Gasteiger partial charge in [0.05, 0.1) is 11.2 Å². The molecule has 3 amide bonds. The minimum absolute atomic E-state index is 0. The molecule has 0 saturated carbocycles. The Morgan fingerprint density at radius 3 is 2.96 bits per heavy atom. The first-order valence-electron chi connectivity index (χ1n) is 7.83. The summed E-state index contributed by atoms with van der Waals surface area (Å²) in [4.78, 5) is 42.2. The zero-order chi connectivity index (χ0) is 17.1. The number of hydrogen-bond acceptors (Lipinski definition) is 6. The van der Waals surface area contributed by atoms with E-state index in [9.17, 15) is 14.4 Å². The van der Waals surface area contributed by atoms with Gasteiger partial charge in [-0.1, -0.05) is 6.42 Å². The molecule has 25 heavy (non-hydrogen) atoms. The Bertz CT molecular complexity index is 621. The van der Waals surface area contributed by atoms with Gasteiger partial charge < -0.3 is 20.3 Å². The van der Waals surface area contributed by atoms with Crippen molar-refractivity contribution in [1.29, 1.82) is 0 Å². The fraction of sp³-hybridized carbons (Fsp3) is 0.533. The molecule has 1 aromatic rings. The molecule has 0 bridgehead atoms. The number of alkyl carbamates (subject to hydrolysis) is 1. The zero-order valence-corrected chi connectivity index (χ0v) is 17.5. The van der Waals surface area contributed by atoms with Crippen LogP contribution in [-0.2, 0) is 53.5 Å². The van der Waals surface area contributed by atoms with Gasteiger partial charge in [0.15, 0.2) is 0 Å². The van der Waals surface area contributed by atoms with Gasteiger partial charge in [0.25, 0.3) is 0 Å². The number of hydrogen-bond donors (Lipinski definition) is 2. The van der Waals surface area contributed by atoms with E-state index < -0.39 is 30.2 Å². The van der Waals surface area contributed by atoms with Gasteiger partial charge in [-0.2, -0.15) is 6.42 Å². The van der Waals surface area contributed by atoms with E-state index in [2.05, 4.69) is 15.6 Å². The Hall–Kier alpha value is -1.06. The Balaban J connectivity index is 0.00000225. The van der Waals surface area contributed by atoms with Crippen molar-refractivity contribution in [3.05, 3.63) is 23.1 Å². The molecule has 2 N–H and O–H groups in total. The second-order valence-corrected chi connectivity index (χ2v) is 6.55. The van der Waals surface area contributed by atoms with Crippen LogP contribution in [0.25, 0.3) is 0 Å². The molecule has 0 aromatic carbocycles. The molecular formula is C15H19N4O4SY-. The van der Waals surface area contributed by atoms with E-state index in [-0.39, 0.29) is 38.6 Å². The van der Waals surface area contributed by atoms with Crippen LogP contribution < -0.4 is 10.6 Å². The molecule has 2 fully saturated rings. The standard InChI is InChI=1S/C15H19N4O4S.Y/c1-9-12(18-15(22)23-9)13(20)17-11(6-10-7-24-8-16-10)14(21)19-4-2-3-5-19;/h4,7-9,11-12H,2-3,5-6H2,1H3,(H,17,20)(H,18,22);/q-1;/t9?,11-,12?;/m0./s1. The van der Waals surface area contributed by atoms with Crippen LogP contribution >= 0.6 is 11.3 Å². The van der Waals surface area contributed by atoms with E-state index in [4.69, 9.17) is 4.74 Å². The average Bonchev–Trinajstić information content (AvgIpc) is 3.27. The molecule has 1 aromatic heterocycles. The summed E-state index contributed by atoms with van der Waals surface area (Å²) < 4.78 is 4.92. The van der Waals surface area contributed by atoms with Crippen molar-refractivity contribution >= 4 is 29.2 Å².